The molecule has 0 bridgehead atoms. The molecule has 0 amide bonds. The molecule has 0 heterocycles. The van der Waals surface area contributed by atoms with E-state index >= 15 is 0 Å². The van der Waals surface area contributed by atoms with Gasteiger partial charge in [-0.15, -0.1) is 6.42 Å². The lowest BCUT2D eigenvalue weighted by atomic mass is 10.3. The van der Waals surface area contributed by atoms with E-state index in [1.807, 2.05) is 24.3 Å². The van der Waals surface area contributed by atoms with Gasteiger partial charge in [0.05, 0.1) is 0 Å². The lowest BCUT2D eigenvalue weighted by Crippen LogP contribution is -1.92. The molecule has 3 heteroatoms. The molecule has 0 N–H and O–H groups in total. The molecule has 0 atom stereocenters. The Bertz CT molecular complexity index is 276. The number of hydrogen-bond donors (Lipinski definition) is 0. The smallest absolute Gasteiger partial charge is 0.148 e. The van der Waals surface area contributed by atoms with E-state index in [0.29, 0.717) is 6.61 Å². The van der Waals surface area contributed by atoms with Gasteiger partial charge in [0.25, 0.3) is 0 Å². The highest BCUT2D eigenvalue weighted by atomic mass is 35.7. The third kappa shape index (κ3) is 2.69. The van der Waals surface area contributed by atoms with Crippen LogP contribution in [-0.4, -0.2) is 6.61 Å². The SMILES string of the molecule is C#CCOc1ccc(SCl)cc1. The van der Waals surface area contributed by atoms with Crippen LogP contribution in [0.1, 0.15) is 0 Å². The van der Waals surface area contributed by atoms with Crippen LogP contribution in [0.25, 0.3) is 0 Å². The highest BCUT2D eigenvalue weighted by molar-refractivity contribution is 8.21. The highest BCUT2D eigenvalue weighted by Gasteiger charge is 1.92. The number of terminal acetylenes is 1. The molecule has 1 aromatic carbocycles. The van der Waals surface area contributed by atoms with Crippen LogP contribution < -0.4 is 4.74 Å². The minimum atomic E-state index is 0.299. The molecular weight excluding hydrogens is 192 g/mol. The van der Waals surface area contributed by atoms with Gasteiger partial charge < -0.3 is 4.74 Å². The largest absolute Gasteiger partial charge is 0.481 e. The summed E-state index contributed by atoms with van der Waals surface area (Å²) >= 11 is 0. The van der Waals surface area contributed by atoms with Crippen molar-refractivity contribution in [3.8, 4) is 18.1 Å². The second kappa shape index (κ2) is 4.97. The predicted molar refractivity (Wildman–Crippen MR) is 52.5 cm³/mol. The van der Waals surface area contributed by atoms with Crippen molar-refractivity contribution in [1.82, 2.24) is 0 Å². The first-order valence-corrected chi connectivity index (χ1v) is 4.96. The summed E-state index contributed by atoms with van der Waals surface area (Å²) in [6, 6.07) is 7.43. The molecule has 0 fully saturated rings. The van der Waals surface area contributed by atoms with E-state index in [1.54, 1.807) is 0 Å². The molecule has 0 radical (unpaired) electrons. The van der Waals surface area contributed by atoms with Gasteiger partial charge in [-0.25, -0.2) is 0 Å². The summed E-state index contributed by atoms with van der Waals surface area (Å²) in [6.45, 7) is 0.299. The van der Waals surface area contributed by atoms with Crippen LogP contribution in [0.5, 0.6) is 5.75 Å². The first-order valence-electron chi connectivity index (χ1n) is 3.31. The van der Waals surface area contributed by atoms with Crippen LogP contribution in [0.4, 0.5) is 0 Å². The van der Waals surface area contributed by atoms with E-state index in [9.17, 15) is 0 Å². The Balaban J connectivity index is 2.60. The lowest BCUT2D eigenvalue weighted by molar-refractivity contribution is 0.370. The third-order valence-corrected chi connectivity index (χ3v) is 2.22. The maximum Gasteiger partial charge on any atom is 0.148 e. The monoisotopic (exact) mass is 198 g/mol. The van der Waals surface area contributed by atoms with E-state index in [1.165, 1.54) is 11.0 Å². The van der Waals surface area contributed by atoms with E-state index in [0.717, 1.165) is 10.6 Å². The fraction of sp³-hybridized carbons (Fsp3) is 0.111. The van der Waals surface area contributed by atoms with Gasteiger partial charge in [-0.3, -0.25) is 0 Å². The maximum atomic E-state index is 5.53. The Kier molecular flexibility index (Phi) is 3.86. The Morgan fingerprint density at radius 1 is 1.42 bits per heavy atom. The van der Waals surface area contributed by atoms with E-state index < -0.39 is 0 Å². The molecule has 0 aliphatic rings. The summed E-state index contributed by atoms with van der Waals surface area (Å²) < 4.78 is 5.17. The van der Waals surface area contributed by atoms with E-state index in [2.05, 4.69) is 5.92 Å². The molecule has 0 unspecified atom stereocenters. The highest BCUT2D eigenvalue weighted by Crippen LogP contribution is 2.23. The summed E-state index contributed by atoms with van der Waals surface area (Å²) in [5.74, 6) is 3.16. The van der Waals surface area contributed by atoms with Crippen LogP contribution in [-0.2, 0) is 0 Å². The van der Waals surface area contributed by atoms with Crippen LogP contribution in [0.3, 0.4) is 0 Å². The zero-order chi connectivity index (χ0) is 8.81. The first kappa shape index (κ1) is 9.31. The van der Waals surface area contributed by atoms with Gasteiger partial charge in [0.2, 0.25) is 0 Å². The van der Waals surface area contributed by atoms with Gasteiger partial charge in [-0.05, 0) is 45.9 Å². The second-order valence-electron chi connectivity index (χ2n) is 2.04. The molecule has 0 saturated heterocycles. The van der Waals surface area contributed by atoms with Gasteiger partial charge in [-0.2, -0.15) is 0 Å². The summed E-state index contributed by atoms with van der Waals surface area (Å²) in [5, 5.41) is 0. The molecule has 1 rings (SSSR count). The normalized spacial score (nSPS) is 9.00. The number of rotatable bonds is 3. The Morgan fingerprint density at radius 3 is 2.58 bits per heavy atom. The molecule has 12 heavy (non-hydrogen) atoms. The fourth-order valence-corrected chi connectivity index (χ4v) is 1.26. The standard InChI is InChI=1S/C9H7ClOS/c1-2-7-11-8-3-5-9(12-10)6-4-8/h1,3-6H,7H2. The van der Waals surface area contributed by atoms with Crippen molar-refractivity contribution in [2.45, 2.75) is 4.90 Å². The van der Waals surface area contributed by atoms with E-state index in [4.69, 9.17) is 21.8 Å². The quantitative estimate of drug-likeness (QED) is 0.691. The number of ether oxygens (including phenoxy) is 1. The van der Waals surface area contributed by atoms with Crippen LogP contribution in [0.15, 0.2) is 29.2 Å². The van der Waals surface area contributed by atoms with Gasteiger partial charge >= 0.3 is 0 Å². The molecule has 1 aromatic rings. The summed E-state index contributed by atoms with van der Waals surface area (Å²) in [4.78, 5) is 0.990. The van der Waals surface area contributed by atoms with Gasteiger partial charge in [0, 0.05) is 4.90 Å². The average Bonchev–Trinajstić information content (AvgIpc) is 2.15. The zero-order valence-electron chi connectivity index (χ0n) is 6.29. The predicted octanol–water partition coefficient (Wildman–Crippen LogP) is 2.94. The molecule has 0 saturated carbocycles. The van der Waals surface area contributed by atoms with Crippen molar-refractivity contribution in [1.29, 1.82) is 0 Å². The number of benzene rings is 1. The molecule has 0 aliphatic carbocycles. The summed E-state index contributed by atoms with van der Waals surface area (Å²) in [6.07, 6.45) is 5.03. The summed E-state index contributed by atoms with van der Waals surface area (Å²) in [7, 11) is 6.70. The fourth-order valence-electron chi connectivity index (χ4n) is 0.712. The zero-order valence-corrected chi connectivity index (χ0v) is 7.86. The Morgan fingerprint density at radius 2 is 2.08 bits per heavy atom. The topological polar surface area (TPSA) is 9.23 Å². The van der Waals surface area contributed by atoms with Crippen molar-refractivity contribution < 1.29 is 4.74 Å². The minimum absolute atomic E-state index is 0.299. The number of halogens is 1. The Labute approximate surface area is 80.6 Å². The molecular formula is C9H7ClOS. The van der Waals surface area contributed by atoms with Gasteiger partial charge in [0.1, 0.15) is 12.4 Å². The van der Waals surface area contributed by atoms with Crippen LogP contribution in [0.2, 0.25) is 0 Å². The molecule has 1 nitrogen and oxygen atoms in total. The summed E-state index contributed by atoms with van der Waals surface area (Å²) in [5.41, 5.74) is 0. The molecule has 0 spiro atoms. The van der Waals surface area contributed by atoms with Crippen molar-refractivity contribution >= 4 is 21.7 Å². The van der Waals surface area contributed by atoms with Crippen LogP contribution >= 0.6 is 21.7 Å². The maximum absolute atomic E-state index is 5.53. The van der Waals surface area contributed by atoms with E-state index in [-0.39, 0.29) is 0 Å². The van der Waals surface area contributed by atoms with Crippen molar-refractivity contribution in [3.05, 3.63) is 24.3 Å². The average molecular weight is 199 g/mol. The molecule has 62 valence electrons. The lowest BCUT2D eigenvalue weighted by Gasteiger charge is -2.01. The van der Waals surface area contributed by atoms with Crippen molar-refractivity contribution in [2.75, 3.05) is 6.61 Å². The van der Waals surface area contributed by atoms with Crippen LogP contribution in [0, 0.1) is 12.3 Å². The Hall–Kier alpha value is -0.780. The number of hydrogen-bond acceptors (Lipinski definition) is 2. The third-order valence-electron chi connectivity index (χ3n) is 1.23. The van der Waals surface area contributed by atoms with Crippen molar-refractivity contribution in [2.24, 2.45) is 0 Å². The van der Waals surface area contributed by atoms with Gasteiger partial charge in [0.15, 0.2) is 0 Å². The first-order chi connectivity index (χ1) is 5.86. The van der Waals surface area contributed by atoms with Gasteiger partial charge in [-0.1, -0.05) is 5.92 Å². The molecule has 0 aromatic heterocycles. The molecule has 0 aliphatic heterocycles. The minimum Gasteiger partial charge on any atom is -0.481 e. The van der Waals surface area contributed by atoms with Crippen molar-refractivity contribution in [3.63, 3.8) is 0 Å². The second-order valence-corrected chi connectivity index (χ2v) is 3.13.